The quantitative estimate of drug-likeness (QED) is 0.869. The molecular weight excluding hydrogens is 330 g/mol. The highest BCUT2D eigenvalue weighted by Crippen LogP contribution is 2.23. The van der Waals surface area contributed by atoms with Crippen molar-refractivity contribution in [3.63, 3.8) is 0 Å². The molecule has 1 aromatic carbocycles. The number of nitrogens with zero attached hydrogens (tertiary/aromatic N) is 1. The molecule has 2 N–H and O–H groups in total. The number of nitrogens with one attached hydrogen (secondary N) is 2. The monoisotopic (exact) mass is 351 g/mol. The summed E-state index contributed by atoms with van der Waals surface area (Å²) in [6.07, 6.45) is 2.40. The van der Waals surface area contributed by atoms with Gasteiger partial charge in [-0.1, -0.05) is 11.6 Å². The summed E-state index contributed by atoms with van der Waals surface area (Å²) >= 11 is 6.20. The summed E-state index contributed by atoms with van der Waals surface area (Å²) in [5.41, 5.74) is 0.973. The first kappa shape index (κ1) is 17.2. The number of carbonyl (C=O) groups is 2. The molecule has 3 rings (SSSR count). The maximum Gasteiger partial charge on any atom is 0.253 e. The van der Waals surface area contributed by atoms with Gasteiger partial charge in [0.1, 0.15) is 0 Å². The molecule has 2 atom stereocenters. The van der Waals surface area contributed by atoms with Crippen LogP contribution in [0.4, 0.5) is 5.69 Å². The lowest BCUT2D eigenvalue weighted by Gasteiger charge is -2.28. The van der Waals surface area contributed by atoms with E-state index >= 15 is 0 Å². The van der Waals surface area contributed by atoms with Crippen LogP contribution in [-0.2, 0) is 9.53 Å². The van der Waals surface area contributed by atoms with E-state index in [4.69, 9.17) is 16.3 Å². The molecule has 2 amide bonds. The molecule has 0 aromatic heterocycles. The van der Waals surface area contributed by atoms with Crippen molar-refractivity contribution >= 4 is 29.1 Å². The first-order valence-electron chi connectivity index (χ1n) is 8.24. The maximum atomic E-state index is 12.6. The van der Waals surface area contributed by atoms with Crippen LogP contribution in [0, 0.1) is 0 Å². The van der Waals surface area contributed by atoms with Crippen molar-refractivity contribution in [3.05, 3.63) is 28.8 Å². The number of carbonyl (C=O) groups excluding carboxylic acids is 2. The molecule has 2 heterocycles. The van der Waals surface area contributed by atoms with Crippen LogP contribution in [0.5, 0.6) is 0 Å². The Kier molecular flexibility index (Phi) is 5.38. The molecule has 6 nitrogen and oxygen atoms in total. The van der Waals surface area contributed by atoms with Crippen molar-refractivity contribution in [2.45, 2.75) is 31.8 Å². The summed E-state index contributed by atoms with van der Waals surface area (Å²) in [6.45, 7) is 4.72. The van der Waals surface area contributed by atoms with Gasteiger partial charge in [0.2, 0.25) is 5.91 Å². The zero-order valence-corrected chi connectivity index (χ0v) is 14.4. The van der Waals surface area contributed by atoms with Crippen LogP contribution >= 0.6 is 11.6 Å². The van der Waals surface area contributed by atoms with Gasteiger partial charge in [0.25, 0.3) is 5.91 Å². The van der Waals surface area contributed by atoms with Gasteiger partial charge < -0.3 is 15.4 Å². The van der Waals surface area contributed by atoms with Crippen molar-refractivity contribution < 1.29 is 14.3 Å². The highest BCUT2D eigenvalue weighted by Gasteiger charge is 2.35. The minimum Gasteiger partial charge on any atom is -0.378 e. The van der Waals surface area contributed by atoms with E-state index in [9.17, 15) is 9.59 Å². The van der Waals surface area contributed by atoms with Gasteiger partial charge in [0.15, 0.2) is 0 Å². The Morgan fingerprint density at radius 2 is 2.00 bits per heavy atom. The van der Waals surface area contributed by atoms with Gasteiger partial charge in [0.05, 0.1) is 35.9 Å². The maximum absolute atomic E-state index is 12.6. The standard InChI is InChI=1S/C17H22ClN3O3/c1-11(22)19-12-4-5-13(14(18)8-12)17(23)20-15-9-24-10-16(15)21-6-2-3-7-21/h4-5,8,15-16H,2-3,6-7,9-10H2,1H3,(H,19,22)(H,20,23)/t15-,16-/m0/s1. The molecule has 0 unspecified atom stereocenters. The number of ether oxygens (including phenoxy) is 1. The van der Waals surface area contributed by atoms with Gasteiger partial charge >= 0.3 is 0 Å². The third-order valence-corrected chi connectivity index (χ3v) is 4.82. The van der Waals surface area contributed by atoms with Crippen LogP contribution < -0.4 is 10.6 Å². The van der Waals surface area contributed by atoms with Crippen molar-refractivity contribution in [2.24, 2.45) is 0 Å². The van der Waals surface area contributed by atoms with Gasteiger partial charge in [-0.15, -0.1) is 0 Å². The lowest BCUT2D eigenvalue weighted by molar-refractivity contribution is -0.114. The fourth-order valence-electron chi connectivity index (χ4n) is 3.34. The fourth-order valence-corrected chi connectivity index (χ4v) is 3.61. The largest absolute Gasteiger partial charge is 0.378 e. The Morgan fingerprint density at radius 3 is 2.67 bits per heavy atom. The molecule has 2 aliphatic heterocycles. The smallest absolute Gasteiger partial charge is 0.253 e. The summed E-state index contributed by atoms with van der Waals surface area (Å²) < 4.78 is 5.58. The second-order valence-electron chi connectivity index (χ2n) is 6.30. The number of anilines is 1. The number of benzene rings is 1. The summed E-state index contributed by atoms with van der Waals surface area (Å²) in [4.78, 5) is 26.0. The number of amides is 2. The van der Waals surface area contributed by atoms with Gasteiger partial charge in [-0.2, -0.15) is 0 Å². The second-order valence-corrected chi connectivity index (χ2v) is 6.71. The molecule has 1 aromatic rings. The van der Waals surface area contributed by atoms with Gasteiger partial charge in [-0.3, -0.25) is 14.5 Å². The normalized spacial score (nSPS) is 24.1. The van der Waals surface area contributed by atoms with Crippen LogP contribution in [-0.4, -0.2) is 55.1 Å². The van der Waals surface area contributed by atoms with Crippen molar-refractivity contribution in [1.82, 2.24) is 10.2 Å². The Labute approximate surface area is 146 Å². The molecule has 7 heteroatoms. The average molecular weight is 352 g/mol. The second kappa shape index (κ2) is 7.51. The molecule has 24 heavy (non-hydrogen) atoms. The van der Waals surface area contributed by atoms with E-state index in [1.807, 2.05) is 0 Å². The van der Waals surface area contributed by atoms with Crippen LogP contribution in [0.25, 0.3) is 0 Å². The average Bonchev–Trinajstić information content (AvgIpc) is 3.17. The van der Waals surface area contributed by atoms with E-state index < -0.39 is 0 Å². The first-order chi connectivity index (χ1) is 11.5. The van der Waals surface area contributed by atoms with E-state index in [1.54, 1.807) is 18.2 Å². The molecule has 2 aliphatic rings. The van der Waals surface area contributed by atoms with Crippen molar-refractivity contribution in [3.8, 4) is 0 Å². The zero-order chi connectivity index (χ0) is 17.1. The van der Waals surface area contributed by atoms with E-state index in [-0.39, 0.29) is 23.9 Å². The number of likely N-dealkylation sites (tertiary alicyclic amines) is 1. The summed E-state index contributed by atoms with van der Waals surface area (Å²) in [7, 11) is 0. The van der Waals surface area contributed by atoms with E-state index in [0.717, 1.165) is 13.1 Å². The van der Waals surface area contributed by atoms with Crippen LogP contribution in [0.2, 0.25) is 5.02 Å². The van der Waals surface area contributed by atoms with Gasteiger partial charge in [0, 0.05) is 12.6 Å². The predicted molar refractivity (Wildman–Crippen MR) is 92.4 cm³/mol. The zero-order valence-electron chi connectivity index (χ0n) is 13.7. The fraction of sp³-hybridized carbons (Fsp3) is 0.529. The van der Waals surface area contributed by atoms with Crippen molar-refractivity contribution in [2.75, 3.05) is 31.6 Å². The number of halogens is 1. The van der Waals surface area contributed by atoms with E-state index in [2.05, 4.69) is 15.5 Å². The number of hydrogen-bond acceptors (Lipinski definition) is 4. The highest BCUT2D eigenvalue weighted by molar-refractivity contribution is 6.34. The third-order valence-electron chi connectivity index (χ3n) is 4.51. The lowest BCUT2D eigenvalue weighted by Crippen LogP contribution is -2.50. The van der Waals surface area contributed by atoms with Gasteiger partial charge in [-0.05, 0) is 44.1 Å². The number of hydrogen-bond donors (Lipinski definition) is 2. The molecule has 2 fully saturated rings. The summed E-state index contributed by atoms with van der Waals surface area (Å²) in [6, 6.07) is 5.09. The Bertz CT molecular complexity index is 632. The molecule has 0 bridgehead atoms. The molecule has 130 valence electrons. The summed E-state index contributed by atoms with van der Waals surface area (Å²) in [5, 5.41) is 6.01. The molecule has 0 aliphatic carbocycles. The highest BCUT2D eigenvalue weighted by atomic mass is 35.5. The SMILES string of the molecule is CC(=O)Nc1ccc(C(=O)N[C@H]2COC[C@@H]2N2CCCC2)c(Cl)c1. The molecule has 0 radical (unpaired) electrons. The molecule has 0 spiro atoms. The Morgan fingerprint density at radius 1 is 1.25 bits per heavy atom. The van der Waals surface area contributed by atoms with E-state index in [1.165, 1.54) is 19.8 Å². The van der Waals surface area contributed by atoms with Crippen molar-refractivity contribution in [1.29, 1.82) is 0 Å². The topological polar surface area (TPSA) is 70.7 Å². The molecule has 2 saturated heterocycles. The van der Waals surface area contributed by atoms with Crippen LogP contribution in [0.3, 0.4) is 0 Å². The van der Waals surface area contributed by atoms with E-state index in [0.29, 0.717) is 29.5 Å². The number of rotatable bonds is 4. The lowest BCUT2D eigenvalue weighted by atomic mass is 10.1. The van der Waals surface area contributed by atoms with Crippen LogP contribution in [0.15, 0.2) is 18.2 Å². The Hall–Kier alpha value is -1.63. The third kappa shape index (κ3) is 3.88. The predicted octanol–water partition coefficient (Wildman–Crippen LogP) is 1.89. The van der Waals surface area contributed by atoms with Crippen LogP contribution in [0.1, 0.15) is 30.1 Å². The first-order valence-corrected chi connectivity index (χ1v) is 8.62. The Balaban J connectivity index is 1.66. The molecule has 0 saturated carbocycles. The minimum absolute atomic E-state index is 0.0262. The summed E-state index contributed by atoms with van der Waals surface area (Å²) in [5.74, 6) is -0.395. The molecular formula is C17H22ClN3O3. The van der Waals surface area contributed by atoms with Gasteiger partial charge in [-0.25, -0.2) is 0 Å². The minimum atomic E-state index is -0.214.